The van der Waals surface area contributed by atoms with E-state index in [0.29, 0.717) is 26.4 Å². The average Bonchev–Trinajstić information content (AvgIpc) is 2.99. The quantitative estimate of drug-likeness (QED) is 0.0835. The van der Waals surface area contributed by atoms with Gasteiger partial charge in [-0.1, -0.05) is 142 Å². The van der Waals surface area contributed by atoms with Crippen LogP contribution in [0, 0.1) is 5.41 Å². The van der Waals surface area contributed by atoms with Crippen LogP contribution in [0.1, 0.15) is 154 Å². The molecule has 5 nitrogen and oxygen atoms in total. The molecule has 41 heavy (non-hydrogen) atoms. The van der Waals surface area contributed by atoms with Gasteiger partial charge in [-0.05, 0) is 25.0 Å². The minimum atomic E-state index is -0.354. The Morgan fingerprint density at radius 2 is 0.951 bits per heavy atom. The largest absolute Gasteiger partial charge is 0.399 e. The molecule has 1 aliphatic rings. The lowest BCUT2D eigenvalue weighted by Crippen LogP contribution is -2.46. The fourth-order valence-electron chi connectivity index (χ4n) is 5.61. The van der Waals surface area contributed by atoms with Crippen molar-refractivity contribution >= 4 is 5.69 Å². The second-order valence-corrected chi connectivity index (χ2v) is 12.6. The number of hydrogen-bond acceptors (Lipinski definition) is 5. The van der Waals surface area contributed by atoms with Crippen molar-refractivity contribution in [3.8, 4) is 0 Å². The highest BCUT2D eigenvalue weighted by Crippen LogP contribution is 2.33. The molecule has 238 valence electrons. The van der Waals surface area contributed by atoms with Gasteiger partial charge in [-0.25, -0.2) is 0 Å². The first kappa shape index (κ1) is 36.1. The summed E-state index contributed by atoms with van der Waals surface area (Å²) in [5.74, 6) is 0. The van der Waals surface area contributed by atoms with Crippen LogP contribution in [0.5, 0.6) is 0 Å². The molecule has 0 bridgehead atoms. The molecule has 0 amide bonds. The molecule has 1 saturated heterocycles. The van der Waals surface area contributed by atoms with Gasteiger partial charge in [0.25, 0.3) is 0 Å². The molecule has 1 fully saturated rings. The summed E-state index contributed by atoms with van der Waals surface area (Å²) in [5.41, 5.74) is 7.36. The van der Waals surface area contributed by atoms with Crippen molar-refractivity contribution in [1.82, 2.24) is 0 Å². The molecule has 1 heterocycles. The molecule has 0 saturated carbocycles. The maximum absolute atomic E-state index is 6.21. The van der Waals surface area contributed by atoms with E-state index >= 15 is 0 Å². The molecule has 1 aliphatic heterocycles. The Kier molecular flexibility index (Phi) is 21.4. The topological polar surface area (TPSA) is 62.9 Å². The molecule has 2 N–H and O–H groups in total. The number of hydrogen-bond donors (Lipinski definition) is 1. The normalized spacial score (nSPS) is 15.5. The lowest BCUT2D eigenvalue weighted by atomic mass is 9.91. The minimum Gasteiger partial charge on any atom is -0.399 e. The Labute approximate surface area is 253 Å². The standard InChI is InChI=1S/C36H65NO4/c1-3-5-7-9-11-13-15-17-19-21-27-38-29-36(30-39-28-22-20-18-16-14-12-10-8-6-4-2)31-40-35(41-32-36)33-23-25-34(37)26-24-33/h23-26,35H,3-22,27-32,37H2,1-2H3. The Hall–Kier alpha value is -1.14. The van der Waals surface area contributed by atoms with E-state index in [2.05, 4.69) is 13.8 Å². The van der Waals surface area contributed by atoms with Crippen molar-refractivity contribution in [2.75, 3.05) is 45.4 Å². The third-order valence-corrected chi connectivity index (χ3v) is 8.39. The Morgan fingerprint density at radius 1 is 0.585 bits per heavy atom. The third-order valence-electron chi connectivity index (χ3n) is 8.39. The fourth-order valence-corrected chi connectivity index (χ4v) is 5.61. The highest BCUT2D eigenvalue weighted by atomic mass is 16.7. The molecular formula is C36H65NO4. The molecule has 0 atom stereocenters. The third kappa shape index (κ3) is 17.5. The summed E-state index contributed by atoms with van der Waals surface area (Å²) in [7, 11) is 0. The van der Waals surface area contributed by atoms with Crippen LogP contribution in [0.4, 0.5) is 5.69 Å². The van der Waals surface area contributed by atoms with Crippen molar-refractivity contribution in [3.63, 3.8) is 0 Å². The van der Waals surface area contributed by atoms with Gasteiger partial charge in [0, 0.05) is 24.5 Å². The number of anilines is 1. The van der Waals surface area contributed by atoms with Gasteiger partial charge in [0.15, 0.2) is 6.29 Å². The maximum Gasteiger partial charge on any atom is 0.183 e. The Bertz CT molecular complexity index is 672. The number of rotatable bonds is 27. The van der Waals surface area contributed by atoms with Crippen LogP contribution in [0.3, 0.4) is 0 Å². The highest BCUT2D eigenvalue weighted by Gasteiger charge is 2.38. The SMILES string of the molecule is CCCCCCCCCCCCOCC1(COCCCCCCCCCCCC)COC(c2ccc(N)cc2)OC1. The summed E-state index contributed by atoms with van der Waals surface area (Å²) in [6.45, 7) is 8.58. The van der Waals surface area contributed by atoms with Crippen LogP contribution in [0.25, 0.3) is 0 Å². The van der Waals surface area contributed by atoms with Crippen LogP contribution in [0.15, 0.2) is 24.3 Å². The van der Waals surface area contributed by atoms with Gasteiger partial charge >= 0.3 is 0 Å². The highest BCUT2D eigenvalue weighted by molar-refractivity contribution is 5.39. The zero-order valence-electron chi connectivity index (χ0n) is 27.0. The van der Waals surface area contributed by atoms with Gasteiger partial charge < -0.3 is 24.7 Å². The molecule has 0 aliphatic carbocycles. The zero-order chi connectivity index (χ0) is 29.3. The van der Waals surface area contributed by atoms with Gasteiger partial charge in [0.1, 0.15) is 0 Å². The van der Waals surface area contributed by atoms with E-state index in [1.165, 1.54) is 116 Å². The van der Waals surface area contributed by atoms with Crippen LogP contribution in [0.2, 0.25) is 0 Å². The smallest absolute Gasteiger partial charge is 0.183 e. The molecule has 1 aromatic carbocycles. The number of benzene rings is 1. The van der Waals surface area contributed by atoms with E-state index in [4.69, 9.17) is 24.7 Å². The number of nitrogens with two attached hydrogens (primary N) is 1. The fraction of sp³-hybridized carbons (Fsp3) is 0.833. The Morgan fingerprint density at radius 3 is 1.34 bits per heavy atom. The van der Waals surface area contributed by atoms with E-state index in [1.807, 2.05) is 24.3 Å². The molecule has 1 aromatic rings. The monoisotopic (exact) mass is 575 g/mol. The second-order valence-electron chi connectivity index (χ2n) is 12.6. The van der Waals surface area contributed by atoms with Gasteiger partial charge in [-0.3, -0.25) is 0 Å². The summed E-state index contributed by atoms with van der Waals surface area (Å²) >= 11 is 0. The first-order valence-corrected chi connectivity index (χ1v) is 17.4. The molecule has 0 unspecified atom stereocenters. The molecular weight excluding hydrogens is 510 g/mol. The van der Waals surface area contributed by atoms with Crippen LogP contribution in [-0.2, 0) is 18.9 Å². The summed E-state index contributed by atoms with van der Waals surface area (Å²) < 4.78 is 24.8. The minimum absolute atomic E-state index is 0.249. The number of ether oxygens (including phenoxy) is 4. The lowest BCUT2D eigenvalue weighted by molar-refractivity contribution is -0.254. The molecule has 5 heteroatoms. The van der Waals surface area contributed by atoms with Crippen molar-refractivity contribution in [2.45, 2.75) is 149 Å². The second kappa shape index (κ2) is 24.3. The molecule has 0 aromatic heterocycles. The first-order chi connectivity index (χ1) is 20.2. The predicted octanol–water partition coefficient (Wildman–Crippen LogP) is 10.2. The van der Waals surface area contributed by atoms with E-state index in [0.717, 1.165) is 37.3 Å². The summed E-state index contributed by atoms with van der Waals surface area (Å²) in [4.78, 5) is 0. The summed E-state index contributed by atoms with van der Waals surface area (Å²) in [5, 5.41) is 0. The van der Waals surface area contributed by atoms with Crippen molar-refractivity contribution in [1.29, 1.82) is 0 Å². The molecule has 0 radical (unpaired) electrons. The number of nitrogen functional groups attached to an aromatic ring is 1. The van der Waals surface area contributed by atoms with E-state index < -0.39 is 0 Å². The van der Waals surface area contributed by atoms with E-state index in [9.17, 15) is 0 Å². The van der Waals surface area contributed by atoms with Gasteiger partial charge in [0.05, 0.1) is 31.8 Å². The van der Waals surface area contributed by atoms with Gasteiger partial charge in [0.2, 0.25) is 0 Å². The Balaban J connectivity index is 1.62. The number of unbranched alkanes of at least 4 members (excludes halogenated alkanes) is 18. The van der Waals surface area contributed by atoms with E-state index in [1.54, 1.807) is 0 Å². The molecule has 0 spiro atoms. The van der Waals surface area contributed by atoms with Crippen LogP contribution >= 0.6 is 0 Å². The van der Waals surface area contributed by atoms with Crippen LogP contribution < -0.4 is 5.73 Å². The van der Waals surface area contributed by atoms with Crippen molar-refractivity contribution in [2.24, 2.45) is 5.41 Å². The van der Waals surface area contributed by atoms with Crippen LogP contribution in [-0.4, -0.2) is 39.6 Å². The first-order valence-electron chi connectivity index (χ1n) is 17.4. The van der Waals surface area contributed by atoms with Gasteiger partial charge in [-0.15, -0.1) is 0 Å². The lowest BCUT2D eigenvalue weighted by Gasteiger charge is -2.39. The summed E-state index contributed by atoms with van der Waals surface area (Å²) in [6, 6.07) is 7.76. The van der Waals surface area contributed by atoms with Crippen molar-refractivity contribution in [3.05, 3.63) is 29.8 Å². The average molecular weight is 576 g/mol. The maximum atomic E-state index is 6.21. The summed E-state index contributed by atoms with van der Waals surface area (Å²) in [6.07, 6.45) is 26.4. The zero-order valence-corrected chi connectivity index (χ0v) is 27.0. The molecule has 2 rings (SSSR count). The van der Waals surface area contributed by atoms with Crippen molar-refractivity contribution < 1.29 is 18.9 Å². The van der Waals surface area contributed by atoms with E-state index in [-0.39, 0.29) is 11.7 Å². The van der Waals surface area contributed by atoms with Gasteiger partial charge in [-0.2, -0.15) is 0 Å². The predicted molar refractivity (Wildman–Crippen MR) is 173 cm³/mol.